The van der Waals surface area contributed by atoms with Crippen LogP contribution < -0.4 is 0 Å². The van der Waals surface area contributed by atoms with Gasteiger partial charge < -0.3 is 18.9 Å². The molecule has 0 aliphatic carbocycles. The molecule has 0 aliphatic heterocycles. The molecule has 83 heavy (non-hydrogen) atoms. The summed E-state index contributed by atoms with van der Waals surface area (Å²) in [4.78, 5) is 35.8. The maximum Gasteiger partial charge on any atom is 0.472 e. The molecule has 0 aliphatic rings. The molecule has 0 aromatic heterocycles. The number of quaternary nitrogens is 1. The second kappa shape index (κ2) is 63.4. The Bertz CT molecular complexity index is 1720. The number of hydrogen-bond donors (Lipinski definition) is 1. The molecule has 2 atom stereocenters. The van der Waals surface area contributed by atoms with E-state index in [4.69, 9.17) is 18.5 Å². The summed E-state index contributed by atoms with van der Waals surface area (Å²) in [7, 11) is 1.48. The van der Waals surface area contributed by atoms with Gasteiger partial charge >= 0.3 is 19.8 Å². The van der Waals surface area contributed by atoms with Crippen LogP contribution in [0.5, 0.6) is 0 Å². The first-order valence-electron chi connectivity index (χ1n) is 34.5. The first-order valence-corrected chi connectivity index (χ1v) is 36.0. The minimum absolute atomic E-state index is 0.0298. The molecular weight excluding hydrogens is 1050 g/mol. The van der Waals surface area contributed by atoms with Gasteiger partial charge in [0.05, 0.1) is 27.7 Å². The quantitative estimate of drug-likeness (QED) is 0.0211. The van der Waals surface area contributed by atoms with Crippen LogP contribution in [0.2, 0.25) is 0 Å². The Kier molecular flexibility index (Phi) is 61.1. The third-order valence-corrected chi connectivity index (χ3v) is 15.9. The Morgan fingerprint density at radius 3 is 1.02 bits per heavy atom. The number of carbonyl (C=O) groups is 2. The van der Waals surface area contributed by atoms with Crippen LogP contribution in [0.25, 0.3) is 0 Å². The number of likely N-dealkylation sites (N-methyl/N-ethyl adjacent to an activating group) is 1. The maximum atomic E-state index is 12.9. The lowest BCUT2D eigenvalue weighted by atomic mass is 10.0. The van der Waals surface area contributed by atoms with Crippen molar-refractivity contribution >= 4 is 19.8 Å². The molecule has 0 saturated heterocycles. The highest BCUT2D eigenvalue weighted by Gasteiger charge is 2.27. The minimum atomic E-state index is -4.39. The number of allylic oxidation sites excluding steroid dienone is 16. The summed E-state index contributed by atoms with van der Waals surface area (Å²) in [5.41, 5.74) is 0. The van der Waals surface area contributed by atoms with Crippen LogP contribution in [-0.2, 0) is 32.7 Å². The fraction of sp³-hybridized carbons (Fsp3) is 0.753. The Morgan fingerprint density at radius 2 is 0.687 bits per heavy atom. The van der Waals surface area contributed by atoms with Gasteiger partial charge in [0.25, 0.3) is 0 Å². The Hall–Kier alpha value is -3.07. The molecule has 2 unspecified atom stereocenters. The number of phosphoric ester groups is 1. The summed E-state index contributed by atoms with van der Waals surface area (Å²) in [6.07, 6.45) is 87.9. The van der Waals surface area contributed by atoms with E-state index >= 15 is 0 Å². The summed E-state index contributed by atoms with van der Waals surface area (Å²) in [5, 5.41) is 0. The molecular formula is C73H131NO8P+. The van der Waals surface area contributed by atoms with Crippen molar-refractivity contribution in [3.8, 4) is 0 Å². The van der Waals surface area contributed by atoms with Crippen LogP contribution in [0, 0.1) is 0 Å². The number of nitrogens with zero attached hydrogens (tertiary/aromatic N) is 1. The molecule has 0 fully saturated rings. The van der Waals surface area contributed by atoms with Crippen LogP contribution in [0.15, 0.2) is 97.2 Å². The minimum Gasteiger partial charge on any atom is -0.462 e. The normalized spacial score (nSPS) is 13.8. The van der Waals surface area contributed by atoms with Gasteiger partial charge in [0.15, 0.2) is 6.10 Å². The number of ether oxygens (including phenoxy) is 2. The summed E-state index contributed by atoms with van der Waals surface area (Å²) < 4.78 is 34.7. The second-order valence-electron chi connectivity index (χ2n) is 24.2. The van der Waals surface area contributed by atoms with Crippen molar-refractivity contribution in [3.63, 3.8) is 0 Å². The van der Waals surface area contributed by atoms with Crippen LogP contribution in [0.4, 0.5) is 0 Å². The van der Waals surface area contributed by atoms with E-state index in [1.54, 1.807) is 0 Å². The molecule has 0 radical (unpaired) electrons. The van der Waals surface area contributed by atoms with E-state index in [9.17, 15) is 19.0 Å². The largest absolute Gasteiger partial charge is 0.472 e. The van der Waals surface area contributed by atoms with E-state index in [2.05, 4.69) is 111 Å². The molecule has 480 valence electrons. The van der Waals surface area contributed by atoms with E-state index in [1.807, 2.05) is 21.1 Å². The van der Waals surface area contributed by atoms with Gasteiger partial charge in [-0.05, 0) is 77.0 Å². The molecule has 0 aromatic rings. The summed E-state index contributed by atoms with van der Waals surface area (Å²) in [5.74, 6) is -0.790. The molecule has 1 N–H and O–H groups in total. The van der Waals surface area contributed by atoms with Crippen molar-refractivity contribution in [1.82, 2.24) is 0 Å². The van der Waals surface area contributed by atoms with Crippen molar-refractivity contribution in [2.45, 2.75) is 309 Å². The monoisotopic (exact) mass is 1180 g/mol. The standard InChI is InChI=1S/C73H130NO8P/c1-6-8-10-12-14-16-18-20-22-24-26-28-30-31-32-33-34-35-36-37-38-39-40-41-42-43-44-46-48-50-52-54-56-58-60-62-64-66-73(76)82-71(70-81-83(77,78)80-68-67-74(3,4)5)69-79-72(75)65-63-61-59-57-55-53-51-49-47-45-29-27-25-23-21-19-17-15-13-11-9-7-2/h8,10,14,16,20,22,26,28,31-32,34-35,37-38,40-41,71H,6-7,9,11-13,15,17-19,21,23-25,27,29-30,33,36,39,42-70H2,1-5H3/p+1/b10-8-,16-14-,22-20-,28-26-,32-31-,35-34-,38-37-,41-40-. The molecule has 0 heterocycles. The van der Waals surface area contributed by atoms with Crippen molar-refractivity contribution in [1.29, 1.82) is 0 Å². The lowest BCUT2D eigenvalue weighted by molar-refractivity contribution is -0.870. The van der Waals surface area contributed by atoms with Crippen LogP contribution >= 0.6 is 7.82 Å². The van der Waals surface area contributed by atoms with Gasteiger partial charge in [-0.15, -0.1) is 0 Å². The molecule has 0 rings (SSSR count). The SMILES string of the molecule is CC/C=C\C/C=C\C/C=C\C/C=C\C/C=C\C/C=C\C/C=C\C/C=C\CCCCCCCCCCCCCCC(=O)OC(COC(=O)CCCCCCCCCCCCCCCCCCCCCCCC)COP(=O)(O)OCC[N+](C)(C)C. The third-order valence-electron chi connectivity index (χ3n) is 14.9. The fourth-order valence-electron chi connectivity index (χ4n) is 9.62. The van der Waals surface area contributed by atoms with E-state index in [1.165, 1.54) is 180 Å². The topological polar surface area (TPSA) is 108 Å². The number of esters is 2. The van der Waals surface area contributed by atoms with Gasteiger partial charge in [-0.1, -0.05) is 310 Å². The predicted octanol–water partition coefficient (Wildman–Crippen LogP) is 22.3. The van der Waals surface area contributed by atoms with Crippen LogP contribution in [0.1, 0.15) is 303 Å². The lowest BCUT2D eigenvalue weighted by Crippen LogP contribution is -2.37. The van der Waals surface area contributed by atoms with E-state index in [0.717, 1.165) is 89.9 Å². The fourth-order valence-corrected chi connectivity index (χ4v) is 10.4. The second-order valence-corrected chi connectivity index (χ2v) is 25.6. The zero-order valence-corrected chi connectivity index (χ0v) is 55.6. The van der Waals surface area contributed by atoms with Crippen LogP contribution in [-0.4, -0.2) is 74.9 Å². The number of carbonyl (C=O) groups excluding carboxylic acids is 2. The van der Waals surface area contributed by atoms with Gasteiger partial charge in [0.2, 0.25) is 0 Å². The summed E-state index contributed by atoms with van der Waals surface area (Å²) in [6.45, 7) is 4.36. The highest BCUT2D eigenvalue weighted by molar-refractivity contribution is 7.47. The zero-order valence-electron chi connectivity index (χ0n) is 54.7. The first kappa shape index (κ1) is 79.9. The van der Waals surface area contributed by atoms with Gasteiger partial charge in [-0.25, -0.2) is 4.57 Å². The number of rotatable bonds is 63. The molecule has 9 nitrogen and oxygen atoms in total. The number of phosphoric acid groups is 1. The van der Waals surface area contributed by atoms with Crippen LogP contribution in [0.3, 0.4) is 0 Å². The Labute approximate surface area is 513 Å². The Morgan fingerprint density at radius 1 is 0.386 bits per heavy atom. The molecule has 0 bridgehead atoms. The molecule has 0 saturated carbocycles. The van der Waals surface area contributed by atoms with Gasteiger partial charge in [-0.3, -0.25) is 18.6 Å². The van der Waals surface area contributed by atoms with Gasteiger partial charge in [0, 0.05) is 12.8 Å². The maximum absolute atomic E-state index is 12.9. The zero-order chi connectivity index (χ0) is 60.5. The van der Waals surface area contributed by atoms with Gasteiger partial charge in [0.1, 0.15) is 19.8 Å². The predicted molar refractivity (Wildman–Crippen MR) is 358 cm³/mol. The molecule has 0 aromatic carbocycles. The number of unbranched alkanes of at least 4 members (excludes halogenated alkanes) is 33. The van der Waals surface area contributed by atoms with Crippen molar-refractivity contribution in [2.75, 3.05) is 47.5 Å². The highest BCUT2D eigenvalue weighted by atomic mass is 31.2. The third kappa shape index (κ3) is 67.9. The highest BCUT2D eigenvalue weighted by Crippen LogP contribution is 2.43. The van der Waals surface area contributed by atoms with E-state index < -0.39 is 26.5 Å². The molecule has 0 amide bonds. The van der Waals surface area contributed by atoms with E-state index in [-0.39, 0.29) is 25.6 Å². The average Bonchev–Trinajstić information content (AvgIpc) is 3.49. The molecule has 10 heteroatoms. The summed E-state index contributed by atoms with van der Waals surface area (Å²) >= 11 is 0. The van der Waals surface area contributed by atoms with Crippen molar-refractivity contribution < 1.29 is 42.1 Å². The van der Waals surface area contributed by atoms with Crippen molar-refractivity contribution in [2.24, 2.45) is 0 Å². The molecule has 0 spiro atoms. The Balaban J connectivity index is 4.06. The average molecular weight is 1180 g/mol. The summed E-state index contributed by atoms with van der Waals surface area (Å²) in [6, 6.07) is 0. The van der Waals surface area contributed by atoms with Crippen molar-refractivity contribution in [3.05, 3.63) is 97.2 Å². The first-order chi connectivity index (χ1) is 40.5. The van der Waals surface area contributed by atoms with E-state index in [0.29, 0.717) is 23.9 Å². The number of hydrogen-bond acceptors (Lipinski definition) is 7. The lowest BCUT2D eigenvalue weighted by Gasteiger charge is -2.24. The smallest absolute Gasteiger partial charge is 0.462 e. The van der Waals surface area contributed by atoms with Gasteiger partial charge in [-0.2, -0.15) is 0 Å².